The maximum atomic E-state index is 12.4. The number of nitrogens with zero attached hydrogens (tertiary/aromatic N) is 2. The third-order valence-electron chi connectivity index (χ3n) is 7.69. The normalized spacial score (nSPS) is 19.4. The van der Waals surface area contributed by atoms with Gasteiger partial charge in [0.25, 0.3) is 0 Å². The summed E-state index contributed by atoms with van der Waals surface area (Å²) in [5.74, 6) is 0.651. The highest BCUT2D eigenvalue weighted by molar-refractivity contribution is 5.90. The first kappa shape index (κ1) is 23.1. The summed E-state index contributed by atoms with van der Waals surface area (Å²) < 4.78 is 14.5. The van der Waals surface area contributed by atoms with Gasteiger partial charge in [-0.05, 0) is 82.6 Å². The minimum absolute atomic E-state index is 0.0731. The predicted molar refractivity (Wildman–Crippen MR) is 141 cm³/mol. The number of ether oxygens (including phenoxy) is 1. The van der Waals surface area contributed by atoms with Gasteiger partial charge >= 0.3 is 6.03 Å². The van der Waals surface area contributed by atoms with E-state index in [1.165, 1.54) is 23.4 Å². The summed E-state index contributed by atoms with van der Waals surface area (Å²) >= 11 is 0. The molecule has 0 bridgehead atoms. The van der Waals surface area contributed by atoms with Crippen LogP contribution in [-0.4, -0.2) is 34.3 Å². The van der Waals surface area contributed by atoms with Gasteiger partial charge in [-0.3, -0.25) is 0 Å². The smallest absolute Gasteiger partial charge is 0.319 e. The number of amides is 2. The molecule has 0 saturated heterocycles. The van der Waals surface area contributed by atoms with Crippen LogP contribution in [0.3, 0.4) is 0 Å². The van der Waals surface area contributed by atoms with Gasteiger partial charge in [0.1, 0.15) is 6.26 Å². The van der Waals surface area contributed by atoms with Crippen LogP contribution in [-0.2, 0) is 4.74 Å². The molecule has 7 heteroatoms. The largest absolute Gasteiger partial charge is 0.444 e. The van der Waals surface area contributed by atoms with Gasteiger partial charge in [0, 0.05) is 34.9 Å². The molecule has 2 fully saturated rings. The van der Waals surface area contributed by atoms with E-state index in [0.717, 1.165) is 60.3 Å². The fourth-order valence-electron chi connectivity index (χ4n) is 5.42. The fraction of sp³-hybridized carbons (Fsp3) is 0.448. The monoisotopic (exact) mass is 486 g/mol. The highest BCUT2D eigenvalue weighted by atomic mass is 16.5. The number of carbonyl (C=O) groups is 1. The topological polar surface area (TPSA) is 81.3 Å². The van der Waals surface area contributed by atoms with E-state index in [2.05, 4.69) is 39.5 Å². The van der Waals surface area contributed by atoms with Crippen LogP contribution in [0.25, 0.3) is 34.9 Å². The van der Waals surface area contributed by atoms with Gasteiger partial charge in [0.2, 0.25) is 5.89 Å². The number of carbonyl (C=O) groups excluding carboxylic acids is 1. The van der Waals surface area contributed by atoms with E-state index in [4.69, 9.17) is 14.1 Å². The number of benzene rings is 1. The number of aromatic nitrogens is 2. The molecule has 7 nitrogen and oxygen atoms in total. The molecule has 188 valence electrons. The summed E-state index contributed by atoms with van der Waals surface area (Å²) in [6.45, 7) is 4.69. The van der Waals surface area contributed by atoms with Crippen molar-refractivity contribution in [3.05, 3.63) is 46.8 Å². The van der Waals surface area contributed by atoms with Crippen molar-refractivity contribution in [3.63, 3.8) is 0 Å². The number of hydrogen-bond donors (Lipinski definition) is 2. The Morgan fingerprint density at radius 1 is 1.17 bits per heavy atom. The van der Waals surface area contributed by atoms with Crippen LogP contribution in [0.5, 0.6) is 0 Å². The van der Waals surface area contributed by atoms with Crippen LogP contribution >= 0.6 is 0 Å². The van der Waals surface area contributed by atoms with Crippen molar-refractivity contribution in [2.24, 2.45) is 0 Å². The van der Waals surface area contributed by atoms with Gasteiger partial charge in [-0.25, -0.2) is 9.78 Å². The van der Waals surface area contributed by atoms with Gasteiger partial charge < -0.3 is 24.4 Å². The van der Waals surface area contributed by atoms with E-state index in [1.54, 1.807) is 6.26 Å². The zero-order valence-electron chi connectivity index (χ0n) is 21.0. The third kappa shape index (κ3) is 4.26. The fourth-order valence-corrected chi connectivity index (χ4v) is 5.42. The lowest BCUT2D eigenvalue weighted by Gasteiger charge is -2.30. The van der Waals surface area contributed by atoms with E-state index in [0.29, 0.717) is 24.6 Å². The Morgan fingerprint density at radius 2 is 1.94 bits per heavy atom. The van der Waals surface area contributed by atoms with Crippen molar-refractivity contribution in [2.75, 3.05) is 11.9 Å². The average molecular weight is 487 g/mol. The minimum atomic E-state index is -0.136. The first-order valence-electron chi connectivity index (χ1n) is 13.3. The summed E-state index contributed by atoms with van der Waals surface area (Å²) in [7, 11) is 0. The molecule has 0 aliphatic heterocycles. The van der Waals surface area contributed by atoms with E-state index in [9.17, 15) is 4.79 Å². The van der Waals surface area contributed by atoms with Crippen molar-refractivity contribution in [1.82, 2.24) is 14.9 Å². The zero-order valence-corrected chi connectivity index (χ0v) is 21.0. The molecule has 3 aliphatic carbocycles. The molecule has 0 spiro atoms. The predicted octanol–water partition coefficient (Wildman–Crippen LogP) is 4.89. The number of rotatable bonds is 7. The molecule has 1 aromatic carbocycles. The SMILES string of the molecule is CCOC1C=c2c(c(-c3nc(C)co3)c(-c3ccc(NC(=O)NC4CCC4)cc3)n2C2CCC2)=CC1. The maximum absolute atomic E-state index is 12.4. The Kier molecular flexibility index (Phi) is 6.17. The first-order chi connectivity index (χ1) is 17.6. The molecule has 36 heavy (non-hydrogen) atoms. The Balaban J connectivity index is 1.44. The number of nitrogens with one attached hydrogen (secondary N) is 2. The second kappa shape index (κ2) is 9.62. The molecule has 2 saturated carbocycles. The van der Waals surface area contributed by atoms with Gasteiger partial charge in [-0.1, -0.05) is 18.2 Å². The molecule has 3 aliphatic rings. The van der Waals surface area contributed by atoms with Crippen molar-refractivity contribution in [1.29, 1.82) is 0 Å². The van der Waals surface area contributed by atoms with Gasteiger partial charge in [0.15, 0.2) is 0 Å². The van der Waals surface area contributed by atoms with Crippen LogP contribution in [0, 0.1) is 6.92 Å². The molecule has 1 unspecified atom stereocenters. The molecular weight excluding hydrogens is 452 g/mol. The standard InChI is InChI=1S/C29H34N4O3/c1-3-35-23-14-15-24-25(16-23)33(22-8-5-9-22)27(26(24)28-30-18(2)17-36-28)19-10-12-21(13-11-19)32-29(34)31-20-6-4-7-20/h10-13,15-17,20,22-23H,3-9,14H2,1-2H3,(H2,31,32,34). The Bertz CT molecular complexity index is 1380. The molecule has 3 aromatic rings. The molecule has 2 heterocycles. The quantitative estimate of drug-likeness (QED) is 0.498. The minimum Gasteiger partial charge on any atom is -0.444 e. The molecule has 2 amide bonds. The number of hydrogen-bond acceptors (Lipinski definition) is 4. The summed E-state index contributed by atoms with van der Waals surface area (Å²) in [5, 5.41) is 8.40. The number of aryl methyl sites for hydroxylation is 1. The first-order valence-corrected chi connectivity index (χ1v) is 13.3. The van der Waals surface area contributed by atoms with Crippen molar-refractivity contribution in [2.45, 2.75) is 77.0 Å². The molecule has 2 aromatic heterocycles. The molecule has 2 N–H and O–H groups in total. The van der Waals surface area contributed by atoms with Gasteiger partial charge in [-0.15, -0.1) is 0 Å². The van der Waals surface area contributed by atoms with E-state index < -0.39 is 0 Å². The van der Waals surface area contributed by atoms with Crippen LogP contribution in [0.1, 0.15) is 63.6 Å². The lowest BCUT2D eigenvalue weighted by atomic mass is 9.92. The zero-order chi connectivity index (χ0) is 24.6. The Morgan fingerprint density at radius 3 is 2.56 bits per heavy atom. The van der Waals surface area contributed by atoms with E-state index in [-0.39, 0.29) is 12.1 Å². The number of anilines is 1. The van der Waals surface area contributed by atoms with Gasteiger partial charge in [0.05, 0.1) is 23.1 Å². The highest BCUT2D eigenvalue weighted by Crippen LogP contribution is 2.38. The Hall–Kier alpha value is -3.32. The summed E-state index contributed by atoms with van der Waals surface area (Å²) in [4.78, 5) is 17.1. The van der Waals surface area contributed by atoms with Crippen molar-refractivity contribution < 1.29 is 13.9 Å². The second-order valence-corrected chi connectivity index (χ2v) is 10.2. The van der Waals surface area contributed by atoms with Crippen molar-refractivity contribution in [3.8, 4) is 22.7 Å². The lowest BCUT2D eigenvalue weighted by Crippen LogP contribution is -2.41. The molecule has 1 atom stereocenters. The number of oxazole rings is 1. The summed E-state index contributed by atoms with van der Waals surface area (Å²) in [6, 6.07) is 8.75. The lowest BCUT2D eigenvalue weighted by molar-refractivity contribution is 0.110. The Labute approximate surface area is 211 Å². The molecule has 0 radical (unpaired) electrons. The average Bonchev–Trinajstić information content (AvgIpc) is 3.37. The molecule has 6 rings (SSSR count). The summed E-state index contributed by atoms with van der Waals surface area (Å²) in [6.07, 6.45) is 14.1. The highest BCUT2D eigenvalue weighted by Gasteiger charge is 2.30. The number of urea groups is 1. The second-order valence-electron chi connectivity index (χ2n) is 10.2. The third-order valence-corrected chi connectivity index (χ3v) is 7.69. The van der Waals surface area contributed by atoms with Gasteiger partial charge in [-0.2, -0.15) is 0 Å². The van der Waals surface area contributed by atoms with Crippen LogP contribution in [0.4, 0.5) is 10.5 Å². The van der Waals surface area contributed by atoms with Crippen LogP contribution < -0.4 is 21.2 Å². The van der Waals surface area contributed by atoms with Crippen LogP contribution in [0.2, 0.25) is 0 Å². The van der Waals surface area contributed by atoms with E-state index in [1.807, 2.05) is 26.0 Å². The van der Waals surface area contributed by atoms with Crippen LogP contribution in [0.15, 0.2) is 34.9 Å². The van der Waals surface area contributed by atoms with Crippen molar-refractivity contribution >= 4 is 23.9 Å². The maximum Gasteiger partial charge on any atom is 0.319 e. The number of fused-ring (bicyclic) bond motifs is 1. The molecular formula is C29H34N4O3. The summed E-state index contributed by atoms with van der Waals surface area (Å²) in [5.41, 5.74) is 4.90. The van der Waals surface area contributed by atoms with E-state index >= 15 is 0 Å².